The molecule has 0 spiro atoms. The highest BCUT2D eigenvalue weighted by molar-refractivity contribution is 5.84. The van der Waals surface area contributed by atoms with Crippen LogP contribution in [0.2, 0.25) is 0 Å². The number of benzene rings is 1. The first-order valence-corrected chi connectivity index (χ1v) is 3.19. The molecule has 2 rings (SSSR count). The Labute approximate surface area is 58.8 Å². The zero-order valence-corrected chi connectivity index (χ0v) is 5.37. The van der Waals surface area contributed by atoms with Gasteiger partial charge in [-0.2, -0.15) is 0 Å². The molecular formula is C8H6NO-. The number of para-hydroxylation sites is 1. The van der Waals surface area contributed by atoms with E-state index in [0.717, 1.165) is 11.3 Å². The average molecular weight is 132 g/mol. The third-order valence-electron chi connectivity index (χ3n) is 1.58. The predicted molar refractivity (Wildman–Crippen MR) is 37.2 cm³/mol. The molecule has 2 nitrogen and oxygen atoms in total. The number of aliphatic imine (C=N–C) groups is 1. The van der Waals surface area contributed by atoms with E-state index in [2.05, 4.69) is 4.99 Å². The molecule has 50 valence electrons. The molecule has 1 aromatic carbocycles. The van der Waals surface area contributed by atoms with Crippen LogP contribution >= 0.6 is 0 Å². The molecular weight excluding hydrogens is 126 g/mol. The maximum absolute atomic E-state index is 10.7. The molecule has 0 fully saturated rings. The van der Waals surface area contributed by atoms with Gasteiger partial charge in [-0.15, -0.1) is 0 Å². The van der Waals surface area contributed by atoms with Crippen LogP contribution in [-0.2, 0) is 6.42 Å². The third kappa shape index (κ3) is 0.692. The molecule has 0 saturated heterocycles. The van der Waals surface area contributed by atoms with Gasteiger partial charge in [0.05, 0.1) is 5.69 Å². The van der Waals surface area contributed by atoms with Crippen molar-refractivity contribution in [3.8, 4) is 0 Å². The first-order valence-electron chi connectivity index (χ1n) is 3.19. The first kappa shape index (κ1) is 5.47. The Morgan fingerprint density at radius 2 is 2.10 bits per heavy atom. The molecule has 0 unspecified atom stereocenters. The Balaban J connectivity index is 2.54. The van der Waals surface area contributed by atoms with Crippen molar-refractivity contribution in [2.75, 3.05) is 0 Å². The molecule has 1 aromatic rings. The number of hydrogen-bond acceptors (Lipinski definition) is 2. The zero-order valence-electron chi connectivity index (χ0n) is 5.37. The summed E-state index contributed by atoms with van der Waals surface area (Å²) in [5.74, 6) is -0.0267. The summed E-state index contributed by atoms with van der Waals surface area (Å²) < 4.78 is 0. The SMILES string of the molecule is [O-]C1=Nc2ccccc2C1. The summed E-state index contributed by atoms with van der Waals surface area (Å²) >= 11 is 0. The van der Waals surface area contributed by atoms with Gasteiger partial charge >= 0.3 is 0 Å². The van der Waals surface area contributed by atoms with E-state index in [4.69, 9.17) is 0 Å². The van der Waals surface area contributed by atoms with E-state index in [1.807, 2.05) is 24.3 Å². The van der Waals surface area contributed by atoms with E-state index in [1.165, 1.54) is 0 Å². The molecule has 0 aromatic heterocycles. The summed E-state index contributed by atoms with van der Waals surface area (Å²) in [6.45, 7) is 0. The number of rotatable bonds is 0. The lowest BCUT2D eigenvalue weighted by molar-refractivity contribution is -0.217. The summed E-state index contributed by atoms with van der Waals surface area (Å²) in [6.07, 6.45) is 0.482. The maximum atomic E-state index is 10.7. The van der Waals surface area contributed by atoms with Crippen molar-refractivity contribution in [1.29, 1.82) is 0 Å². The summed E-state index contributed by atoms with van der Waals surface area (Å²) in [5.41, 5.74) is 1.89. The van der Waals surface area contributed by atoms with E-state index in [1.54, 1.807) is 0 Å². The van der Waals surface area contributed by atoms with E-state index in [9.17, 15) is 5.11 Å². The first-order chi connectivity index (χ1) is 4.86. The van der Waals surface area contributed by atoms with E-state index in [-0.39, 0.29) is 5.90 Å². The highest BCUT2D eigenvalue weighted by atomic mass is 16.3. The van der Waals surface area contributed by atoms with Crippen molar-refractivity contribution in [3.63, 3.8) is 0 Å². The standard InChI is InChI=1S/C8H7NO/c10-8-5-6-3-1-2-4-7(6)9-8/h1-4H,5H2,(H,9,10)/p-1. The molecule has 0 bridgehead atoms. The van der Waals surface area contributed by atoms with Crippen molar-refractivity contribution in [3.05, 3.63) is 29.8 Å². The highest BCUT2D eigenvalue weighted by Crippen LogP contribution is 2.23. The van der Waals surface area contributed by atoms with E-state index in [0.29, 0.717) is 6.42 Å². The molecule has 0 amide bonds. The molecule has 0 saturated carbocycles. The lowest BCUT2D eigenvalue weighted by atomic mass is 10.1. The second kappa shape index (κ2) is 1.84. The summed E-state index contributed by atoms with van der Waals surface area (Å²) in [6, 6.07) is 7.61. The van der Waals surface area contributed by atoms with Gasteiger partial charge in [-0.25, -0.2) is 0 Å². The van der Waals surface area contributed by atoms with Crippen LogP contribution in [0.3, 0.4) is 0 Å². The molecule has 10 heavy (non-hydrogen) atoms. The summed E-state index contributed by atoms with van der Waals surface area (Å²) in [5, 5.41) is 10.7. The highest BCUT2D eigenvalue weighted by Gasteiger charge is 2.05. The van der Waals surface area contributed by atoms with Crippen LogP contribution in [0.1, 0.15) is 5.56 Å². The normalized spacial score (nSPS) is 14.6. The van der Waals surface area contributed by atoms with Gasteiger partial charge in [-0.3, -0.25) is 4.99 Å². The lowest BCUT2D eigenvalue weighted by Crippen LogP contribution is -2.15. The fourth-order valence-corrected chi connectivity index (χ4v) is 1.11. The van der Waals surface area contributed by atoms with Crippen molar-refractivity contribution in [2.24, 2.45) is 4.99 Å². The number of nitrogens with zero attached hydrogens (tertiary/aromatic N) is 1. The zero-order chi connectivity index (χ0) is 6.97. The van der Waals surface area contributed by atoms with Crippen LogP contribution in [0.5, 0.6) is 0 Å². The van der Waals surface area contributed by atoms with Crippen LogP contribution in [0, 0.1) is 0 Å². The lowest BCUT2D eigenvalue weighted by Gasteiger charge is -1.98. The Kier molecular flexibility index (Phi) is 1.01. The number of fused-ring (bicyclic) bond motifs is 1. The van der Waals surface area contributed by atoms with Gasteiger partial charge in [0.15, 0.2) is 0 Å². The van der Waals surface area contributed by atoms with Gasteiger partial charge in [0.2, 0.25) is 0 Å². The average Bonchev–Trinajstić information content (AvgIpc) is 2.27. The topological polar surface area (TPSA) is 35.4 Å². The molecule has 0 atom stereocenters. The Hall–Kier alpha value is -1.31. The molecule has 0 N–H and O–H groups in total. The number of hydrogen-bond donors (Lipinski definition) is 0. The fraction of sp³-hybridized carbons (Fsp3) is 0.125. The minimum absolute atomic E-state index is 0.0267. The largest absolute Gasteiger partial charge is 0.861 e. The minimum Gasteiger partial charge on any atom is -0.861 e. The second-order valence-corrected chi connectivity index (χ2v) is 2.31. The molecule has 0 radical (unpaired) electrons. The third-order valence-corrected chi connectivity index (χ3v) is 1.58. The van der Waals surface area contributed by atoms with Gasteiger partial charge in [0.1, 0.15) is 0 Å². The van der Waals surface area contributed by atoms with Crippen LogP contribution in [0.25, 0.3) is 0 Å². The molecule has 1 aliphatic rings. The van der Waals surface area contributed by atoms with Crippen LogP contribution < -0.4 is 5.11 Å². The Morgan fingerprint density at radius 3 is 2.90 bits per heavy atom. The van der Waals surface area contributed by atoms with Crippen LogP contribution in [-0.4, -0.2) is 5.90 Å². The summed E-state index contributed by atoms with van der Waals surface area (Å²) in [4.78, 5) is 3.81. The second-order valence-electron chi connectivity index (χ2n) is 2.31. The molecule has 1 heterocycles. The summed E-state index contributed by atoms with van der Waals surface area (Å²) in [7, 11) is 0. The van der Waals surface area contributed by atoms with Crippen LogP contribution in [0.4, 0.5) is 5.69 Å². The van der Waals surface area contributed by atoms with Gasteiger partial charge in [0.25, 0.3) is 0 Å². The monoisotopic (exact) mass is 132 g/mol. The Morgan fingerprint density at radius 1 is 1.30 bits per heavy atom. The minimum atomic E-state index is -0.0267. The molecule has 1 aliphatic heterocycles. The van der Waals surface area contributed by atoms with Crippen molar-refractivity contribution in [1.82, 2.24) is 0 Å². The van der Waals surface area contributed by atoms with Crippen molar-refractivity contribution >= 4 is 11.6 Å². The van der Waals surface area contributed by atoms with E-state index >= 15 is 0 Å². The van der Waals surface area contributed by atoms with Gasteiger partial charge in [0, 0.05) is 6.42 Å². The maximum Gasteiger partial charge on any atom is 0.0654 e. The fourth-order valence-electron chi connectivity index (χ4n) is 1.11. The van der Waals surface area contributed by atoms with Gasteiger partial charge in [-0.1, -0.05) is 18.2 Å². The van der Waals surface area contributed by atoms with Crippen molar-refractivity contribution < 1.29 is 5.11 Å². The van der Waals surface area contributed by atoms with Gasteiger partial charge in [-0.05, 0) is 17.5 Å². The van der Waals surface area contributed by atoms with Gasteiger partial charge < -0.3 is 5.11 Å². The van der Waals surface area contributed by atoms with E-state index < -0.39 is 0 Å². The smallest absolute Gasteiger partial charge is 0.0654 e. The quantitative estimate of drug-likeness (QED) is 0.510. The molecule has 2 heteroatoms. The Bertz CT molecular complexity index is 291. The van der Waals surface area contributed by atoms with Crippen molar-refractivity contribution in [2.45, 2.75) is 6.42 Å². The predicted octanol–water partition coefficient (Wildman–Crippen LogP) is 0.633. The molecule has 0 aliphatic carbocycles. The van der Waals surface area contributed by atoms with Crippen LogP contribution in [0.15, 0.2) is 29.3 Å².